The first-order chi connectivity index (χ1) is 12.4. The van der Waals surface area contributed by atoms with Crippen molar-refractivity contribution in [1.29, 1.82) is 0 Å². The van der Waals surface area contributed by atoms with Crippen LogP contribution in [0.25, 0.3) is 0 Å². The van der Waals surface area contributed by atoms with E-state index in [-0.39, 0.29) is 30.8 Å². The quantitative estimate of drug-likeness (QED) is 0.744. The van der Waals surface area contributed by atoms with E-state index in [1.54, 1.807) is 7.11 Å². The number of hydrogen-bond acceptors (Lipinski definition) is 4. The van der Waals surface area contributed by atoms with Crippen LogP contribution in [0.4, 0.5) is 5.69 Å². The molecule has 0 heterocycles. The SMILES string of the molecule is COc1ccc(N(CCC(N)=O)CC(=O)NC2CCCC(C)C2C)cc1. The third-order valence-corrected chi connectivity index (χ3v) is 5.45. The van der Waals surface area contributed by atoms with E-state index < -0.39 is 0 Å². The van der Waals surface area contributed by atoms with Gasteiger partial charge in [-0.2, -0.15) is 0 Å². The lowest BCUT2D eigenvalue weighted by Gasteiger charge is -2.35. The van der Waals surface area contributed by atoms with Crippen molar-refractivity contribution >= 4 is 17.5 Å². The van der Waals surface area contributed by atoms with Crippen molar-refractivity contribution in [3.63, 3.8) is 0 Å². The maximum absolute atomic E-state index is 12.6. The van der Waals surface area contributed by atoms with Gasteiger partial charge in [-0.25, -0.2) is 0 Å². The molecule has 0 radical (unpaired) electrons. The van der Waals surface area contributed by atoms with Crippen molar-refractivity contribution in [2.45, 2.75) is 45.6 Å². The Hall–Kier alpha value is -2.24. The summed E-state index contributed by atoms with van der Waals surface area (Å²) < 4.78 is 5.18. The Morgan fingerprint density at radius 2 is 1.92 bits per heavy atom. The van der Waals surface area contributed by atoms with E-state index in [4.69, 9.17) is 10.5 Å². The number of nitrogens with two attached hydrogens (primary N) is 1. The molecule has 1 aliphatic carbocycles. The highest BCUT2D eigenvalue weighted by Gasteiger charge is 2.28. The van der Waals surface area contributed by atoms with Gasteiger partial charge in [0.15, 0.2) is 0 Å². The van der Waals surface area contributed by atoms with Gasteiger partial charge in [0, 0.05) is 24.7 Å². The van der Waals surface area contributed by atoms with Crippen molar-refractivity contribution in [3.05, 3.63) is 24.3 Å². The van der Waals surface area contributed by atoms with E-state index in [0.717, 1.165) is 24.3 Å². The highest BCUT2D eigenvalue weighted by molar-refractivity contribution is 5.82. The van der Waals surface area contributed by atoms with Crippen molar-refractivity contribution in [2.75, 3.05) is 25.1 Å². The second-order valence-corrected chi connectivity index (χ2v) is 7.28. The Kier molecular flexibility index (Phi) is 7.30. The van der Waals surface area contributed by atoms with Crippen LogP contribution < -0.4 is 20.7 Å². The minimum absolute atomic E-state index is 0.0174. The number of primary amides is 1. The van der Waals surface area contributed by atoms with E-state index in [1.165, 1.54) is 6.42 Å². The molecular formula is C20H31N3O3. The smallest absolute Gasteiger partial charge is 0.239 e. The molecule has 26 heavy (non-hydrogen) atoms. The Bertz CT molecular complexity index is 603. The number of methoxy groups -OCH3 is 1. The van der Waals surface area contributed by atoms with Gasteiger partial charge in [-0.3, -0.25) is 9.59 Å². The number of carbonyl (C=O) groups is 2. The number of carbonyl (C=O) groups excluding carboxylic acids is 2. The number of anilines is 1. The van der Waals surface area contributed by atoms with Gasteiger partial charge in [0.2, 0.25) is 11.8 Å². The first-order valence-corrected chi connectivity index (χ1v) is 9.37. The molecule has 1 aromatic rings. The van der Waals surface area contributed by atoms with Crippen LogP contribution in [0, 0.1) is 11.8 Å². The van der Waals surface area contributed by atoms with Gasteiger partial charge in [-0.1, -0.05) is 26.7 Å². The number of benzene rings is 1. The molecule has 0 aliphatic heterocycles. The predicted molar refractivity (Wildman–Crippen MR) is 103 cm³/mol. The molecule has 6 nitrogen and oxygen atoms in total. The monoisotopic (exact) mass is 361 g/mol. The van der Waals surface area contributed by atoms with Gasteiger partial charge < -0.3 is 20.7 Å². The summed E-state index contributed by atoms with van der Waals surface area (Å²) in [4.78, 5) is 25.7. The van der Waals surface area contributed by atoms with Gasteiger partial charge in [-0.05, 0) is 42.5 Å². The molecular weight excluding hydrogens is 330 g/mol. The summed E-state index contributed by atoms with van der Waals surface area (Å²) in [5.41, 5.74) is 6.16. The van der Waals surface area contributed by atoms with E-state index in [0.29, 0.717) is 18.4 Å². The predicted octanol–water partition coefficient (Wildman–Crippen LogP) is 2.32. The zero-order chi connectivity index (χ0) is 19.1. The lowest BCUT2D eigenvalue weighted by molar-refractivity contribution is -0.121. The van der Waals surface area contributed by atoms with E-state index in [2.05, 4.69) is 19.2 Å². The van der Waals surface area contributed by atoms with E-state index in [1.807, 2.05) is 29.2 Å². The molecule has 3 N–H and O–H groups in total. The van der Waals surface area contributed by atoms with Crippen LogP contribution in [0.15, 0.2) is 24.3 Å². The van der Waals surface area contributed by atoms with Gasteiger partial charge in [-0.15, -0.1) is 0 Å². The number of amides is 2. The number of nitrogens with one attached hydrogen (secondary N) is 1. The number of rotatable bonds is 8. The molecule has 144 valence electrons. The zero-order valence-corrected chi connectivity index (χ0v) is 16.0. The molecule has 3 atom stereocenters. The van der Waals surface area contributed by atoms with E-state index >= 15 is 0 Å². The Morgan fingerprint density at radius 3 is 2.54 bits per heavy atom. The van der Waals surface area contributed by atoms with Gasteiger partial charge in [0.25, 0.3) is 0 Å². The minimum Gasteiger partial charge on any atom is -0.497 e. The van der Waals surface area contributed by atoms with Gasteiger partial charge in [0.1, 0.15) is 5.75 Å². The van der Waals surface area contributed by atoms with Crippen LogP contribution in [0.5, 0.6) is 5.75 Å². The second kappa shape index (κ2) is 9.46. The summed E-state index contributed by atoms with van der Waals surface area (Å²) in [5, 5.41) is 3.19. The standard InChI is InChI=1S/C20H31N3O3/c1-14-5-4-6-18(15(14)2)22-20(25)13-23(12-11-19(21)24)16-7-9-17(26-3)10-8-16/h7-10,14-15,18H,4-6,11-13H2,1-3H3,(H2,21,24)(H,22,25). The lowest BCUT2D eigenvalue weighted by Crippen LogP contribution is -2.47. The zero-order valence-electron chi connectivity index (χ0n) is 16.0. The highest BCUT2D eigenvalue weighted by atomic mass is 16.5. The van der Waals surface area contributed by atoms with Crippen molar-refractivity contribution in [3.8, 4) is 5.75 Å². The second-order valence-electron chi connectivity index (χ2n) is 7.28. The molecule has 6 heteroatoms. The largest absolute Gasteiger partial charge is 0.497 e. The number of nitrogens with zero attached hydrogens (tertiary/aromatic N) is 1. The van der Waals surface area contributed by atoms with Crippen molar-refractivity contribution < 1.29 is 14.3 Å². The van der Waals surface area contributed by atoms with Crippen LogP contribution >= 0.6 is 0 Å². The molecule has 1 aromatic carbocycles. The molecule has 1 fully saturated rings. The molecule has 0 bridgehead atoms. The molecule has 0 saturated heterocycles. The Labute approximate surface area is 156 Å². The molecule has 1 saturated carbocycles. The molecule has 2 rings (SSSR count). The van der Waals surface area contributed by atoms with Crippen molar-refractivity contribution in [2.24, 2.45) is 17.6 Å². The first-order valence-electron chi connectivity index (χ1n) is 9.37. The molecule has 2 amide bonds. The number of ether oxygens (including phenoxy) is 1. The Balaban J connectivity index is 2.02. The average Bonchev–Trinajstić information content (AvgIpc) is 2.62. The fourth-order valence-electron chi connectivity index (χ4n) is 3.55. The molecule has 0 spiro atoms. The maximum atomic E-state index is 12.6. The Morgan fingerprint density at radius 1 is 1.23 bits per heavy atom. The first kappa shape index (κ1) is 20.1. The maximum Gasteiger partial charge on any atom is 0.239 e. The third kappa shape index (κ3) is 5.64. The van der Waals surface area contributed by atoms with Crippen molar-refractivity contribution in [1.82, 2.24) is 5.32 Å². The lowest BCUT2D eigenvalue weighted by atomic mass is 9.78. The van der Waals surface area contributed by atoms with Gasteiger partial charge >= 0.3 is 0 Å². The summed E-state index contributed by atoms with van der Waals surface area (Å²) in [5.74, 6) is 1.46. The summed E-state index contributed by atoms with van der Waals surface area (Å²) in [7, 11) is 1.61. The van der Waals surface area contributed by atoms with E-state index in [9.17, 15) is 9.59 Å². The number of hydrogen-bond donors (Lipinski definition) is 2. The molecule has 1 aliphatic rings. The summed E-state index contributed by atoms with van der Waals surface area (Å²) in [6.45, 7) is 5.07. The highest BCUT2D eigenvalue weighted by Crippen LogP contribution is 2.29. The third-order valence-electron chi connectivity index (χ3n) is 5.45. The normalized spacial score (nSPS) is 22.5. The minimum atomic E-state index is -0.376. The van der Waals surface area contributed by atoms with Crippen LogP contribution in [0.1, 0.15) is 39.5 Å². The topological polar surface area (TPSA) is 84.7 Å². The van der Waals surface area contributed by atoms with Crippen LogP contribution in [0.2, 0.25) is 0 Å². The van der Waals surface area contributed by atoms with Gasteiger partial charge in [0.05, 0.1) is 13.7 Å². The summed E-state index contributed by atoms with van der Waals surface area (Å²) >= 11 is 0. The van der Waals surface area contributed by atoms with Crippen LogP contribution in [0.3, 0.4) is 0 Å². The molecule has 0 aromatic heterocycles. The fourth-order valence-corrected chi connectivity index (χ4v) is 3.55. The van der Waals surface area contributed by atoms with Crippen LogP contribution in [-0.2, 0) is 9.59 Å². The summed E-state index contributed by atoms with van der Waals surface area (Å²) in [6, 6.07) is 7.68. The molecule has 3 unspecified atom stereocenters. The average molecular weight is 361 g/mol. The fraction of sp³-hybridized carbons (Fsp3) is 0.600. The summed E-state index contributed by atoms with van der Waals surface area (Å²) in [6.07, 6.45) is 3.61. The van der Waals surface area contributed by atoms with Crippen LogP contribution in [-0.4, -0.2) is 38.1 Å².